The number of piperidine rings is 1. The van der Waals surface area contributed by atoms with Crippen molar-refractivity contribution in [2.75, 3.05) is 56.8 Å². The second kappa shape index (κ2) is 13.8. The molecule has 0 spiro atoms. The van der Waals surface area contributed by atoms with E-state index in [1.54, 1.807) is 24.1 Å². The third kappa shape index (κ3) is 7.59. The molecule has 13 heteroatoms. The van der Waals surface area contributed by atoms with Gasteiger partial charge in [0.1, 0.15) is 17.5 Å². The van der Waals surface area contributed by atoms with Gasteiger partial charge in [-0.3, -0.25) is 9.89 Å². The Labute approximate surface area is 248 Å². The summed E-state index contributed by atoms with van der Waals surface area (Å²) in [5, 5.41) is 19.4. The minimum absolute atomic E-state index is 0.0364. The molecule has 2 aliphatic heterocycles. The number of halogens is 2. The van der Waals surface area contributed by atoms with E-state index in [1.165, 1.54) is 12.1 Å². The lowest BCUT2D eigenvalue weighted by molar-refractivity contribution is -0.117. The van der Waals surface area contributed by atoms with Gasteiger partial charge in [0.2, 0.25) is 5.91 Å². The summed E-state index contributed by atoms with van der Waals surface area (Å²) >= 11 is 0. The highest BCUT2D eigenvalue weighted by atomic mass is 19.1. The molecule has 0 aliphatic carbocycles. The number of nitrogens with one attached hydrogen (secondary N) is 2. The van der Waals surface area contributed by atoms with Gasteiger partial charge in [0.15, 0.2) is 17.3 Å². The number of aliphatic hydroxyl groups excluding tert-OH is 1. The Balaban J connectivity index is 1.36. The third-order valence-corrected chi connectivity index (χ3v) is 7.71. The molecule has 5 N–H and O–H groups in total. The van der Waals surface area contributed by atoms with Crippen molar-refractivity contribution < 1.29 is 28.2 Å². The number of carbonyl (C=O) groups is 1. The first kappa shape index (κ1) is 30.2. The molecule has 11 nitrogen and oxygen atoms in total. The second-order valence-corrected chi connectivity index (χ2v) is 10.8. The van der Waals surface area contributed by atoms with E-state index in [-0.39, 0.29) is 31.2 Å². The summed E-state index contributed by atoms with van der Waals surface area (Å²) in [6.45, 7) is 3.90. The number of nitrogens with two attached hydrogens (primary N) is 1. The van der Waals surface area contributed by atoms with Crippen LogP contribution in [0, 0.1) is 17.6 Å². The number of amides is 1. The number of carbonyl (C=O) groups excluding carboxylic acids is 1. The molecule has 230 valence electrons. The molecule has 0 saturated carbocycles. The summed E-state index contributed by atoms with van der Waals surface area (Å²) in [6, 6.07) is 8.43. The molecule has 2 aromatic carbocycles. The summed E-state index contributed by atoms with van der Waals surface area (Å²) < 4.78 is 40.2. The summed E-state index contributed by atoms with van der Waals surface area (Å²) in [6.07, 6.45) is 3.91. The van der Waals surface area contributed by atoms with Crippen molar-refractivity contribution in [1.29, 1.82) is 0 Å². The Bertz CT molecular complexity index is 1440. The van der Waals surface area contributed by atoms with Crippen LogP contribution in [0.3, 0.4) is 0 Å². The lowest BCUT2D eigenvalue weighted by Gasteiger charge is -2.33. The van der Waals surface area contributed by atoms with Crippen molar-refractivity contribution in [2.45, 2.75) is 32.1 Å². The summed E-state index contributed by atoms with van der Waals surface area (Å²) in [5.41, 5.74) is 7.34. The lowest BCUT2D eigenvalue weighted by atomic mass is 9.94. The number of ether oxygens (including phenoxy) is 2. The van der Waals surface area contributed by atoms with E-state index < -0.39 is 17.5 Å². The van der Waals surface area contributed by atoms with Crippen LogP contribution in [0.1, 0.15) is 36.9 Å². The number of anilines is 2. The van der Waals surface area contributed by atoms with Gasteiger partial charge in [-0.05, 0) is 62.9 Å². The first-order valence-electron chi connectivity index (χ1n) is 14.4. The summed E-state index contributed by atoms with van der Waals surface area (Å²) in [4.78, 5) is 20.1. The highest BCUT2D eigenvalue weighted by Gasteiger charge is 2.27. The Morgan fingerprint density at radius 2 is 1.91 bits per heavy atom. The number of hydrogen-bond acceptors (Lipinski definition) is 8. The number of aromatic amines is 1. The van der Waals surface area contributed by atoms with Crippen molar-refractivity contribution in [2.24, 2.45) is 16.6 Å². The fourth-order valence-electron chi connectivity index (χ4n) is 5.52. The molecule has 43 heavy (non-hydrogen) atoms. The Morgan fingerprint density at radius 1 is 1.14 bits per heavy atom. The number of nitrogens with zero attached hydrogens (tertiary/aromatic N) is 4. The Kier molecular flexibility index (Phi) is 9.72. The molecule has 1 amide bonds. The van der Waals surface area contributed by atoms with Gasteiger partial charge in [0.05, 0.1) is 38.2 Å². The highest BCUT2D eigenvalue weighted by molar-refractivity contribution is 6.16. The number of hydrogen-bond donors (Lipinski definition) is 4. The smallest absolute Gasteiger partial charge is 0.223 e. The SMILES string of the molecule is COc1cc2c(cc1OCCCN1CCC(CCO)CC1)NCN(c1cc(F)cc(F)c1)C2=Nc1cc(CC(N)=O)[nH]n1. The van der Waals surface area contributed by atoms with E-state index in [2.05, 4.69) is 20.4 Å². The van der Waals surface area contributed by atoms with Gasteiger partial charge in [-0.15, -0.1) is 0 Å². The predicted octanol–water partition coefficient (Wildman–Crippen LogP) is 3.56. The van der Waals surface area contributed by atoms with Gasteiger partial charge in [0.25, 0.3) is 0 Å². The number of fused-ring (bicyclic) bond motifs is 1. The van der Waals surface area contributed by atoms with E-state index in [0.717, 1.165) is 51.4 Å². The van der Waals surface area contributed by atoms with Crippen molar-refractivity contribution >= 4 is 28.9 Å². The monoisotopic (exact) mass is 597 g/mol. The Hall–Kier alpha value is -4.23. The van der Waals surface area contributed by atoms with Crippen LogP contribution >= 0.6 is 0 Å². The van der Waals surface area contributed by atoms with Gasteiger partial charge >= 0.3 is 0 Å². The molecule has 0 bridgehead atoms. The standard InChI is InChI=1S/C30H37F2N7O4/c1-42-26-16-24-25(17-27(26)43-10-2-6-38-7-3-19(4-8-38)5-9-40)34-18-39(23-12-20(31)11-21(32)13-23)30(24)35-29-15-22(36-37-29)14-28(33)41/h11-13,15-17,19,34,40H,2-10,14,18H2,1H3,(H2,33,41)(H,36,37). The number of amidine groups is 1. The topological polar surface area (TPSA) is 141 Å². The predicted molar refractivity (Wildman–Crippen MR) is 159 cm³/mol. The van der Waals surface area contributed by atoms with E-state index in [9.17, 15) is 18.7 Å². The van der Waals surface area contributed by atoms with E-state index in [1.807, 2.05) is 6.07 Å². The lowest BCUT2D eigenvalue weighted by Crippen LogP contribution is -2.40. The first-order valence-corrected chi connectivity index (χ1v) is 14.4. The molecule has 3 heterocycles. The molecular formula is C30H37F2N7O4. The molecule has 3 aromatic rings. The molecule has 1 fully saturated rings. The molecule has 0 atom stereocenters. The summed E-state index contributed by atoms with van der Waals surface area (Å²) in [5.74, 6) is 0.307. The maximum atomic E-state index is 14.2. The minimum atomic E-state index is -0.723. The maximum absolute atomic E-state index is 14.2. The largest absolute Gasteiger partial charge is 0.493 e. The first-order chi connectivity index (χ1) is 20.8. The number of methoxy groups -OCH3 is 1. The zero-order chi connectivity index (χ0) is 30.3. The van der Waals surface area contributed by atoms with Crippen molar-refractivity contribution in [1.82, 2.24) is 15.1 Å². The number of aliphatic imine (C=N–C) groups is 1. The molecule has 5 rings (SSSR count). The van der Waals surface area contributed by atoms with Gasteiger partial charge in [-0.2, -0.15) is 5.10 Å². The van der Waals surface area contributed by atoms with Crippen molar-refractivity contribution in [3.8, 4) is 11.5 Å². The zero-order valence-corrected chi connectivity index (χ0v) is 24.1. The minimum Gasteiger partial charge on any atom is -0.493 e. The van der Waals surface area contributed by atoms with E-state index >= 15 is 0 Å². The molecule has 1 aromatic heterocycles. The van der Waals surface area contributed by atoms with Gasteiger partial charge in [-0.25, -0.2) is 13.8 Å². The van der Waals surface area contributed by atoms with Crippen LogP contribution < -0.4 is 25.4 Å². The quantitative estimate of drug-likeness (QED) is 0.232. The van der Waals surface area contributed by atoms with E-state index in [4.69, 9.17) is 20.2 Å². The van der Waals surface area contributed by atoms with Gasteiger partial charge < -0.3 is 35.4 Å². The molecule has 2 aliphatic rings. The van der Waals surface area contributed by atoms with Crippen LogP contribution in [0.15, 0.2) is 41.4 Å². The fraction of sp³-hybridized carbons (Fsp3) is 0.433. The van der Waals surface area contributed by atoms with Crippen LogP contribution in [0.5, 0.6) is 11.5 Å². The molecular weight excluding hydrogens is 560 g/mol. The number of primary amides is 1. The van der Waals surface area contributed by atoms with Crippen molar-refractivity contribution in [3.63, 3.8) is 0 Å². The van der Waals surface area contributed by atoms with Crippen LogP contribution in [-0.4, -0.2) is 78.6 Å². The zero-order valence-electron chi connectivity index (χ0n) is 24.1. The maximum Gasteiger partial charge on any atom is 0.223 e. The third-order valence-electron chi connectivity index (χ3n) is 7.71. The average molecular weight is 598 g/mol. The van der Waals surface area contributed by atoms with E-state index in [0.29, 0.717) is 46.8 Å². The molecule has 0 radical (unpaired) electrons. The van der Waals surface area contributed by atoms with Crippen LogP contribution in [0.25, 0.3) is 0 Å². The van der Waals surface area contributed by atoms with Gasteiger partial charge in [-0.1, -0.05) is 0 Å². The van der Waals surface area contributed by atoms with Crippen LogP contribution in [-0.2, 0) is 11.2 Å². The number of aromatic nitrogens is 2. The number of rotatable bonds is 12. The van der Waals surface area contributed by atoms with Crippen molar-refractivity contribution in [3.05, 3.63) is 59.3 Å². The highest BCUT2D eigenvalue weighted by Crippen LogP contribution is 2.38. The summed E-state index contributed by atoms with van der Waals surface area (Å²) in [7, 11) is 1.54. The number of aliphatic hydroxyl groups is 1. The van der Waals surface area contributed by atoms with Crippen LogP contribution in [0.2, 0.25) is 0 Å². The van der Waals surface area contributed by atoms with Crippen LogP contribution in [0.4, 0.5) is 26.0 Å². The number of H-pyrrole nitrogens is 1. The van der Waals surface area contributed by atoms with Gasteiger partial charge in [0, 0.05) is 42.6 Å². The second-order valence-electron chi connectivity index (χ2n) is 10.8. The fourth-order valence-corrected chi connectivity index (χ4v) is 5.52. The number of likely N-dealkylation sites (tertiary alicyclic amines) is 1. The number of benzene rings is 2. The molecule has 0 unspecified atom stereocenters. The normalized spacial score (nSPS) is 16.7. The Morgan fingerprint density at radius 3 is 2.60 bits per heavy atom. The average Bonchev–Trinajstić information content (AvgIpc) is 3.41. The molecule has 1 saturated heterocycles.